The molecule has 5 aromatic heterocycles. The Morgan fingerprint density at radius 1 is 0.390 bits per heavy atom. The van der Waals surface area contributed by atoms with E-state index in [2.05, 4.69) is 96.9 Å². The second-order valence-corrected chi connectivity index (χ2v) is 34.5. The number of nitrogens with zero attached hydrogens (tertiary/aromatic N) is 21. The average Bonchev–Trinajstić information content (AvgIpc) is 1.69. The average molecular weight is 1930 g/mol. The van der Waals surface area contributed by atoms with Gasteiger partial charge in [0, 0.05) is 93.1 Å². The van der Waals surface area contributed by atoms with E-state index in [1.807, 2.05) is 78.8 Å². The van der Waals surface area contributed by atoms with Crippen LogP contribution in [0.1, 0.15) is 196 Å². The maximum absolute atomic E-state index is 12.6. The van der Waals surface area contributed by atoms with E-state index < -0.39 is 46.9 Å². The SMILES string of the molecule is CCOC(=O)c1nnc(-c2cc(C#N)ccc2OC)o1.COc1ccc(C#N)cc1-c1nnc(C(=O)N[C@@H]2C[C@@H](C)N(C#N)C2)o1.COc1ccc(C#N)cc1-c1nnc(C(=O)N[C@@H]2C[C@@H](C)N(C#N)C2)o1.COc1ccc(C#N)cc1-c1nnc(C(=O)N[C@@H]2C[C@@H](C)N(C(=O)OC(C)(C)C)C2)o1.COc1ccc(C#N)cc1-c1nnc(C(=O)N[C@H]2CN[C@H](C)C2)o1.C[C@@H]1C[C@@H](N)CN1C(=O)OC(C)(C)C. The molecule has 47 heteroatoms. The molecule has 10 aromatic rings. The fraction of sp³-hybridized carbons (Fsp3) is 0.426. The molecule has 0 saturated carbocycles. The number of carbonyl (C=O) groups excluding carboxylic acids is 7. The summed E-state index contributed by atoms with van der Waals surface area (Å²) in [5, 5.41) is 116. The quantitative estimate of drug-likeness (QED) is 0.0235. The molecule has 5 saturated heterocycles. The van der Waals surface area contributed by atoms with Crippen molar-refractivity contribution in [2.75, 3.05) is 74.9 Å². The van der Waals surface area contributed by atoms with Gasteiger partial charge in [-0.25, -0.2) is 14.4 Å². The van der Waals surface area contributed by atoms with Gasteiger partial charge < -0.3 is 112 Å². The minimum absolute atomic E-state index is 0.0410. The smallest absolute Gasteiger partial charge is 0.410 e. The van der Waals surface area contributed by atoms with E-state index in [0.29, 0.717) is 142 Å². The first kappa shape index (κ1) is 106. The zero-order chi connectivity index (χ0) is 103. The van der Waals surface area contributed by atoms with E-state index >= 15 is 0 Å². The van der Waals surface area contributed by atoms with E-state index in [4.69, 9.17) is 103 Å². The summed E-state index contributed by atoms with van der Waals surface area (Å²) in [5.41, 5.74) is 8.98. The van der Waals surface area contributed by atoms with Crippen molar-refractivity contribution in [1.29, 1.82) is 36.8 Å². The molecule has 15 rings (SSSR count). The van der Waals surface area contributed by atoms with Crippen molar-refractivity contribution in [1.82, 2.24) is 97.2 Å². The number of nitriles is 7. The van der Waals surface area contributed by atoms with Gasteiger partial charge in [0.25, 0.3) is 29.5 Å². The minimum Gasteiger partial charge on any atom is -0.496 e. The molecule has 0 bridgehead atoms. The number of carbonyl (C=O) groups is 7. The predicted molar refractivity (Wildman–Crippen MR) is 493 cm³/mol. The van der Waals surface area contributed by atoms with Gasteiger partial charge in [-0.05, 0) is 206 Å². The third-order valence-electron chi connectivity index (χ3n) is 21.7. The highest BCUT2D eigenvalue weighted by Crippen LogP contribution is 2.37. The first-order chi connectivity index (χ1) is 67.3. The summed E-state index contributed by atoms with van der Waals surface area (Å²) >= 11 is 0. The standard InChI is InChI=1S/C21H25N5O5.2C17H16N6O3.C16H17N5O3.C13H11N3O4.C10H20N2O2/c1-12-8-14(11-26(12)20(28)31-21(2,3)4)23-17(27)19-25-24-18(30-19)15-9-13(10-22)6-7-16(15)29-5;2*1-10-5-12(8-23(10)9-19)20-15(24)17-22-21-16(26-17)13-6-11(7-18)3-4-14(13)25-2;1-9-5-11(8-18-9)19-14(22)16-21-20-15(24-16)12-6-10(7-17)3-4-13(12)23-2;1-3-19-13(17)12-16-15-11(20-12)9-6-8(7-14)4-5-10(9)18-2;1-7-5-8(11)6-12(7)9(13)14-10(2,3)4/h6-7,9,12,14H,8,11H2,1-5H3,(H,23,27);2*3-4,6,10,12H,5,8H2,1-2H3,(H,20,24);3-4,6,9,11,18H,5,8H2,1-2H3,(H,19,22);4-6H,3H2,1-2H3;7-8H,5-6,11H2,1-4H3/t12-,14-;2*10-,12-;9-,11-;;7-,8-/m1111.1/s1. The Hall–Kier alpha value is -17.4. The monoisotopic (exact) mass is 1930 g/mol. The van der Waals surface area contributed by atoms with Gasteiger partial charge in [-0.3, -0.25) is 19.2 Å². The van der Waals surface area contributed by atoms with E-state index in [1.54, 1.807) is 138 Å². The topological polar surface area (TPSA) is 654 Å². The molecule has 0 spiro atoms. The minimum atomic E-state index is -0.693. The van der Waals surface area contributed by atoms with E-state index in [-0.39, 0.29) is 126 Å². The van der Waals surface area contributed by atoms with Crippen LogP contribution in [0.4, 0.5) is 9.59 Å². The molecule has 6 amide bonds. The van der Waals surface area contributed by atoms with Crippen molar-refractivity contribution in [2.45, 2.75) is 187 Å². The van der Waals surface area contributed by atoms with Gasteiger partial charge in [-0.15, -0.1) is 51.0 Å². The van der Waals surface area contributed by atoms with Crippen molar-refractivity contribution in [2.24, 2.45) is 5.73 Å². The van der Waals surface area contributed by atoms with Crippen LogP contribution < -0.4 is 56.0 Å². The fourth-order valence-corrected chi connectivity index (χ4v) is 15.0. The van der Waals surface area contributed by atoms with Crippen LogP contribution in [0.2, 0.25) is 0 Å². The molecule has 0 unspecified atom stereocenters. The van der Waals surface area contributed by atoms with E-state index in [0.717, 1.165) is 12.8 Å². The predicted octanol–water partition coefficient (Wildman–Crippen LogP) is 9.56. The number of rotatable bonds is 20. The Morgan fingerprint density at radius 2 is 0.667 bits per heavy atom. The molecule has 0 aliphatic carbocycles. The Kier molecular flexibility index (Phi) is 36.3. The molecule has 141 heavy (non-hydrogen) atoms. The highest BCUT2D eigenvalue weighted by molar-refractivity contribution is 5.92. The van der Waals surface area contributed by atoms with Crippen molar-refractivity contribution in [3.63, 3.8) is 0 Å². The summed E-state index contributed by atoms with van der Waals surface area (Å²) < 4.78 is 68.8. The number of aromatic nitrogens is 10. The molecule has 5 aliphatic heterocycles. The maximum atomic E-state index is 12.6. The lowest BCUT2D eigenvalue weighted by molar-refractivity contribution is 0.0225. The third-order valence-corrected chi connectivity index (χ3v) is 21.7. The number of amides is 6. The molecule has 5 fully saturated rings. The van der Waals surface area contributed by atoms with Crippen LogP contribution in [-0.4, -0.2) is 259 Å². The number of nitrogens with two attached hydrogens (primary N) is 1. The highest BCUT2D eigenvalue weighted by Gasteiger charge is 2.39. The van der Waals surface area contributed by atoms with Crippen LogP contribution in [0.15, 0.2) is 113 Å². The molecule has 47 nitrogen and oxygen atoms in total. The number of methoxy groups -OCH3 is 5. The largest absolute Gasteiger partial charge is 0.496 e. The maximum Gasteiger partial charge on any atom is 0.410 e. The molecular formula is C94H105N27O20. The molecule has 10 heterocycles. The summed E-state index contributed by atoms with van der Waals surface area (Å²) in [6.07, 6.45) is 7.14. The van der Waals surface area contributed by atoms with Crippen molar-refractivity contribution >= 4 is 41.8 Å². The number of ether oxygens (including phenoxy) is 8. The van der Waals surface area contributed by atoms with Crippen LogP contribution in [0, 0.1) is 79.6 Å². The molecule has 5 aliphatic rings. The summed E-state index contributed by atoms with van der Waals surface area (Å²) in [4.78, 5) is 91.5. The van der Waals surface area contributed by atoms with Gasteiger partial charge in [-0.1, -0.05) is 0 Å². The number of hydrogen-bond acceptors (Lipinski definition) is 41. The Bertz CT molecular complexity index is 6290. The van der Waals surface area contributed by atoms with Gasteiger partial charge in [0.15, 0.2) is 12.4 Å². The lowest BCUT2D eigenvalue weighted by atomic mass is 10.1. The molecule has 0 radical (unpaired) electrons. The Labute approximate surface area is 810 Å². The van der Waals surface area contributed by atoms with Crippen LogP contribution >= 0.6 is 0 Å². The van der Waals surface area contributed by atoms with E-state index in [1.165, 1.54) is 35.5 Å². The van der Waals surface area contributed by atoms with Crippen molar-refractivity contribution in [3.05, 3.63) is 148 Å². The first-order valence-electron chi connectivity index (χ1n) is 44.1. The number of esters is 1. The lowest BCUT2D eigenvalue weighted by Gasteiger charge is -2.26. The third kappa shape index (κ3) is 28.4. The van der Waals surface area contributed by atoms with Crippen molar-refractivity contribution in [3.8, 4) is 129 Å². The van der Waals surface area contributed by atoms with Crippen LogP contribution in [0.25, 0.3) is 57.3 Å². The van der Waals surface area contributed by atoms with E-state index in [9.17, 15) is 33.6 Å². The summed E-state index contributed by atoms with van der Waals surface area (Å²) in [5.74, 6) is -0.871. The molecule has 7 N–H and O–H groups in total. The number of nitrogens with one attached hydrogen (secondary N) is 5. The Balaban J connectivity index is 0.000000176. The molecular weight excluding hydrogens is 1830 g/mol. The number of likely N-dealkylation sites (tertiary alicyclic amines) is 4. The molecule has 5 aromatic carbocycles. The normalized spacial score (nSPS) is 18.5. The molecule has 736 valence electrons. The highest BCUT2D eigenvalue weighted by atomic mass is 16.6. The lowest BCUT2D eigenvalue weighted by Crippen LogP contribution is -2.41. The zero-order valence-corrected chi connectivity index (χ0v) is 80.3. The van der Waals surface area contributed by atoms with Gasteiger partial charge >= 0.3 is 71.2 Å². The summed E-state index contributed by atoms with van der Waals surface area (Å²) in [7, 11) is 7.43. The zero-order valence-electron chi connectivity index (χ0n) is 80.3. The van der Waals surface area contributed by atoms with Gasteiger partial charge in [0.2, 0.25) is 0 Å². The summed E-state index contributed by atoms with van der Waals surface area (Å²) in [6.45, 7) is 25.2. The van der Waals surface area contributed by atoms with Gasteiger partial charge in [0.1, 0.15) is 39.9 Å². The van der Waals surface area contributed by atoms with Crippen LogP contribution in [0.5, 0.6) is 28.7 Å². The van der Waals surface area contributed by atoms with Gasteiger partial charge in [-0.2, -0.15) is 36.8 Å². The summed E-state index contributed by atoms with van der Waals surface area (Å²) in [6, 6.07) is 34.2. The first-order valence-corrected chi connectivity index (χ1v) is 44.1. The Morgan fingerprint density at radius 3 is 0.922 bits per heavy atom. The number of benzene rings is 5. The number of hydrogen-bond donors (Lipinski definition) is 6. The fourth-order valence-electron chi connectivity index (χ4n) is 15.0. The second kappa shape index (κ2) is 48.4. The van der Waals surface area contributed by atoms with Crippen LogP contribution in [0.3, 0.4) is 0 Å². The second-order valence-electron chi connectivity index (χ2n) is 34.5. The van der Waals surface area contributed by atoms with Crippen LogP contribution in [-0.2, 0) is 14.2 Å². The molecule has 10 atom stereocenters. The van der Waals surface area contributed by atoms with Crippen molar-refractivity contribution < 1.29 is 93.5 Å². The van der Waals surface area contributed by atoms with Gasteiger partial charge in [0.05, 0.1) is 128 Å².